The molecular weight excluding hydrogens is 374 g/mol. The van der Waals surface area contributed by atoms with E-state index >= 15 is 0 Å². The summed E-state index contributed by atoms with van der Waals surface area (Å²) in [6.07, 6.45) is 2.56. The van der Waals surface area contributed by atoms with Crippen LogP contribution in [0.1, 0.15) is 30.7 Å². The predicted molar refractivity (Wildman–Crippen MR) is 121 cm³/mol. The first-order chi connectivity index (χ1) is 14.7. The van der Waals surface area contributed by atoms with Gasteiger partial charge in [-0.05, 0) is 60.0 Å². The molecule has 0 radical (unpaired) electrons. The first kappa shape index (κ1) is 19.8. The summed E-state index contributed by atoms with van der Waals surface area (Å²) >= 11 is 0. The minimum atomic E-state index is -0.439. The largest absolute Gasteiger partial charge is 0.487 e. The molecule has 0 amide bonds. The molecule has 152 valence electrons. The number of aromatic amines is 1. The van der Waals surface area contributed by atoms with Gasteiger partial charge in [0.1, 0.15) is 0 Å². The highest BCUT2D eigenvalue weighted by Gasteiger charge is 2.12. The number of fused-ring (bicyclic) bond motifs is 2. The van der Waals surface area contributed by atoms with Crippen molar-refractivity contribution >= 4 is 33.7 Å². The molecule has 1 N–H and O–H groups in total. The fourth-order valence-electron chi connectivity index (χ4n) is 3.63. The minimum absolute atomic E-state index is 0.227. The molecule has 0 unspecified atom stereocenters. The van der Waals surface area contributed by atoms with Gasteiger partial charge in [-0.15, -0.1) is 0 Å². The number of benzene rings is 3. The van der Waals surface area contributed by atoms with Gasteiger partial charge in [0.25, 0.3) is 0 Å². The first-order valence-electron chi connectivity index (χ1n) is 10.3. The SMILES string of the molecule is CCOC(=O)C(=Cc1ccc2[nH]c(Cc3ccc4ccccc4c3)cc2c1)OCC. The summed E-state index contributed by atoms with van der Waals surface area (Å²) in [6.45, 7) is 4.36. The van der Waals surface area contributed by atoms with E-state index in [1.165, 1.54) is 16.3 Å². The van der Waals surface area contributed by atoms with E-state index in [9.17, 15) is 4.79 Å². The van der Waals surface area contributed by atoms with Crippen LogP contribution in [0.2, 0.25) is 0 Å². The maximum absolute atomic E-state index is 12.1. The maximum Gasteiger partial charge on any atom is 0.373 e. The number of rotatable bonds is 7. The molecule has 0 bridgehead atoms. The van der Waals surface area contributed by atoms with Crippen LogP contribution in [0, 0.1) is 0 Å². The molecule has 3 aromatic carbocycles. The van der Waals surface area contributed by atoms with Crippen molar-refractivity contribution in [2.24, 2.45) is 0 Å². The Morgan fingerprint density at radius 2 is 1.67 bits per heavy atom. The number of carbonyl (C=O) groups is 1. The van der Waals surface area contributed by atoms with Crippen LogP contribution in [-0.2, 0) is 20.7 Å². The Morgan fingerprint density at radius 3 is 2.47 bits per heavy atom. The van der Waals surface area contributed by atoms with Gasteiger partial charge >= 0.3 is 5.97 Å². The Labute approximate surface area is 176 Å². The van der Waals surface area contributed by atoms with E-state index < -0.39 is 5.97 Å². The lowest BCUT2D eigenvalue weighted by molar-refractivity contribution is -0.142. The lowest BCUT2D eigenvalue weighted by Crippen LogP contribution is -2.10. The van der Waals surface area contributed by atoms with Gasteiger partial charge in [-0.1, -0.05) is 48.5 Å². The van der Waals surface area contributed by atoms with E-state index in [0.29, 0.717) is 13.2 Å². The Morgan fingerprint density at radius 1 is 0.867 bits per heavy atom. The van der Waals surface area contributed by atoms with Crippen LogP contribution in [0.3, 0.4) is 0 Å². The summed E-state index contributed by atoms with van der Waals surface area (Å²) in [4.78, 5) is 15.6. The number of esters is 1. The second kappa shape index (κ2) is 8.87. The van der Waals surface area contributed by atoms with Crippen molar-refractivity contribution in [3.63, 3.8) is 0 Å². The highest BCUT2D eigenvalue weighted by molar-refractivity contribution is 5.92. The average Bonchev–Trinajstić information content (AvgIpc) is 3.15. The fraction of sp³-hybridized carbons (Fsp3) is 0.192. The van der Waals surface area contributed by atoms with E-state index in [0.717, 1.165) is 28.6 Å². The molecule has 0 atom stereocenters. The Balaban J connectivity index is 1.59. The fourth-order valence-corrected chi connectivity index (χ4v) is 3.63. The lowest BCUT2D eigenvalue weighted by Gasteiger charge is -2.07. The molecule has 4 nitrogen and oxygen atoms in total. The molecule has 4 heteroatoms. The summed E-state index contributed by atoms with van der Waals surface area (Å²) in [6, 6.07) is 23.2. The van der Waals surface area contributed by atoms with Crippen LogP contribution in [-0.4, -0.2) is 24.2 Å². The highest BCUT2D eigenvalue weighted by atomic mass is 16.6. The van der Waals surface area contributed by atoms with Gasteiger partial charge in [-0.3, -0.25) is 0 Å². The Hall–Kier alpha value is -3.53. The molecule has 0 aliphatic heterocycles. The number of nitrogens with one attached hydrogen (secondary N) is 1. The van der Waals surface area contributed by atoms with Crippen molar-refractivity contribution in [2.75, 3.05) is 13.2 Å². The summed E-state index contributed by atoms with van der Waals surface area (Å²) in [5.74, 6) is -0.212. The van der Waals surface area contributed by atoms with E-state index in [1.807, 2.05) is 25.1 Å². The van der Waals surface area contributed by atoms with Gasteiger partial charge < -0.3 is 14.5 Å². The van der Waals surface area contributed by atoms with E-state index in [2.05, 4.69) is 53.5 Å². The normalized spacial score (nSPS) is 11.7. The molecule has 0 spiro atoms. The molecule has 0 aliphatic carbocycles. The van der Waals surface area contributed by atoms with Crippen LogP contribution in [0.5, 0.6) is 0 Å². The Bertz CT molecular complexity index is 1220. The van der Waals surface area contributed by atoms with E-state index in [-0.39, 0.29) is 5.76 Å². The lowest BCUT2D eigenvalue weighted by atomic mass is 10.0. The first-order valence-corrected chi connectivity index (χ1v) is 10.3. The number of aromatic nitrogens is 1. The van der Waals surface area contributed by atoms with Gasteiger partial charge in [-0.25, -0.2) is 4.79 Å². The summed E-state index contributed by atoms with van der Waals surface area (Å²) in [5, 5.41) is 3.60. The monoisotopic (exact) mass is 399 g/mol. The summed E-state index contributed by atoms with van der Waals surface area (Å²) in [5.41, 5.74) is 4.38. The smallest absolute Gasteiger partial charge is 0.373 e. The van der Waals surface area contributed by atoms with Crippen molar-refractivity contribution in [3.05, 3.63) is 89.3 Å². The molecular formula is C26H25NO3. The third kappa shape index (κ3) is 4.38. The average molecular weight is 399 g/mol. The maximum atomic E-state index is 12.1. The van der Waals surface area contributed by atoms with Crippen molar-refractivity contribution in [3.8, 4) is 0 Å². The minimum Gasteiger partial charge on any atom is -0.487 e. The van der Waals surface area contributed by atoms with Gasteiger partial charge in [-0.2, -0.15) is 0 Å². The van der Waals surface area contributed by atoms with Crippen LogP contribution < -0.4 is 0 Å². The Kier molecular flexibility index (Phi) is 5.84. The number of carbonyl (C=O) groups excluding carboxylic acids is 1. The van der Waals surface area contributed by atoms with Crippen LogP contribution in [0.4, 0.5) is 0 Å². The molecule has 4 rings (SSSR count). The van der Waals surface area contributed by atoms with Crippen LogP contribution in [0.15, 0.2) is 72.5 Å². The molecule has 1 aromatic heterocycles. The third-order valence-electron chi connectivity index (χ3n) is 4.98. The predicted octanol–water partition coefficient (Wildman–Crippen LogP) is 5.85. The van der Waals surface area contributed by atoms with Gasteiger partial charge in [0.05, 0.1) is 13.2 Å². The zero-order chi connectivity index (χ0) is 20.9. The number of H-pyrrole nitrogens is 1. The second-order valence-electron chi connectivity index (χ2n) is 7.16. The molecule has 0 fully saturated rings. The van der Waals surface area contributed by atoms with Crippen molar-refractivity contribution < 1.29 is 14.3 Å². The van der Waals surface area contributed by atoms with Crippen LogP contribution >= 0.6 is 0 Å². The molecule has 4 aromatic rings. The molecule has 30 heavy (non-hydrogen) atoms. The quantitative estimate of drug-likeness (QED) is 0.241. The molecule has 0 saturated heterocycles. The number of hydrogen-bond acceptors (Lipinski definition) is 3. The van der Waals surface area contributed by atoms with Gasteiger partial charge in [0.2, 0.25) is 5.76 Å². The number of hydrogen-bond donors (Lipinski definition) is 1. The highest BCUT2D eigenvalue weighted by Crippen LogP contribution is 2.23. The van der Waals surface area contributed by atoms with Crippen molar-refractivity contribution in [1.82, 2.24) is 4.98 Å². The van der Waals surface area contributed by atoms with E-state index in [1.54, 1.807) is 13.0 Å². The second-order valence-corrected chi connectivity index (χ2v) is 7.16. The van der Waals surface area contributed by atoms with E-state index in [4.69, 9.17) is 9.47 Å². The van der Waals surface area contributed by atoms with Gasteiger partial charge in [0.15, 0.2) is 0 Å². The molecule has 1 heterocycles. The van der Waals surface area contributed by atoms with Crippen LogP contribution in [0.25, 0.3) is 27.8 Å². The zero-order valence-corrected chi connectivity index (χ0v) is 17.3. The van der Waals surface area contributed by atoms with Crippen molar-refractivity contribution in [1.29, 1.82) is 0 Å². The van der Waals surface area contributed by atoms with Gasteiger partial charge in [0, 0.05) is 23.0 Å². The number of ether oxygens (including phenoxy) is 2. The third-order valence-corrected chi connectivity index (χ3v) is 4.98. The summed E-state index contributed by atoms with van der Waals surface area (Å²) in [7, 11) is 0. The summed E-state index contributed by atoms with van der Waals surface area (Å²) < 4.78 is 10.5. The molecule has 0 saturated carbocycles. The molecule has 0 aliphatic rings. The standard InChI is InChI=1S/C26H25NO3/c1-3-29-25(26(28)30-4-2)16-19-10-12-24-22(14-19)17-23(27-24)15-18-9-11-20-7-5-6-8-21(20)13-18/h5-14,16-17,27H,3-4,15H2,1-2H3. The zero-order valence-electron chi connectivity index (χ0n) is 17.3. The topological polar surface area (TPSA) is 51.3 Å². The van der Waals surface area contributed by atoms with Crippen molar-refractivity contribution in [2.45, 2.75) is 20.3 Å².